The Morgan fingerprint density at radius 1 is 1.33 bits per heavy atom. The third kappa shape index (κ3) is 2.14. The number of carbonyl (C=O) groups excluding carboxylic acids is 1. The molecule has 2 heterocycles. The van der Waals surface area contributed by atoms with Crippen LogP contribution >= 0.6 is 0 Å². The number of aryl methyl sites for hydroxylation is 2. The van der Waals surface area contributed by atoms with E-state index >= 15 is 0 Å². The van der Waals surface area contributed by atoms with Gasteiger partial charge in [0.15, 0.2) is 5.82 Å². The topological polar surface area (TPSA) is 67.4 Å². The molecular formula is C12H21N5O. The third-order valence-electron chi connectivity index (χ3n) is 3.37. The van der Waals surface area contributed by atoms with E-state index in [1.165, 1.54) is 0 Å². The van der Waals surface area contributed by atoms with Crippen LogP contribution in [0.3, 0.4) is 0 Å². The first-order valence-electron chi connectivity index (χ1n) is 6.34. The van der Waals surface area contributed by atoms with E-state index in [0.717, 1.165) is 43.1 Å². The maximum absolute atomic E-state index is 11.7. The lowest BCUT2D eigenvalue weighted by atomic mass is 10.2. The van der Waals surface area contributed by atoms with E-state index in [2.05, 4.69) is 12.0 Å². The number of carbonyl (C=O) groups is 1. The number of nitrogen functional groups attached to an aromatic ring is 1. The van der Waals surface area contributed by atoms with Gasteiger partial charge >= 0.3 is 0 Å². The van der Waals surface area contributed by atoms with Crippen molar-refractivity contribution in [3.8, 4) is 0 Å². The number of aromatic nitrogens is 2. The van der Waals surface area contributed by atoms with Gasteiger partial charge in [-0.15, -0.1) is 0 Å². The second kappa shape index (κ2) is 4.88. The molecular weight excluding hydrogens is 230 g/mol. The van der Waals surface area contributed by atoms with Gasteiger partial charge < -0.3 is 15.5 Å². The molecule has 0 radical (unpaired) electrons. The number of hydrogen-bond donors (Lipinski definition) is 1. The number of likely N-dealkylation sites (N-methyl/N-ethyl adjacent to an activating group) is 1. The molecule has 2 N–H and O–H groups in total. The first kappa shape index (κ1) is 12.7. The minimum atomic E-state index is 0.124. The molecule has 6 heteroatoms. The zero-order valence-corrected chi connectivity index (χ0v) is 11.3. The van der Waals surface area contributed by atoms with Crippen molar-refractivity contribution >= 4 is 17.4 Å². The molecule has 0 saturated carbocycles. The SMILES string of the molecule is CCCc1nn(C)c(N2CCN(C)C(=O)C2)c1N. The van der Waals surface area contributed by atoms with Crippen LogP contribution < -0.4 is 10.6 Å². The van der Waals surface area contributed by atoms with Gasteiger partial charge in [-0.2, -0.15) is 5.10 Å². The van der Waals surface area contributed by atoms with Crippen molar-refractivity contribution in [1.82, 2.24) is 14.7 Å². The van der Waals surface area contributed by atoms with Crippen LogP contribution in [0.2, 0.25) is 0 Å². The van der Waals surface area contributed by atoms with Crippen LogP contribution in [0.15, 0.2) is 0 Å². The Labute approximate surface area is 107 Å². The summed E-state index contributed by atoms with van der Waals surface area (Å²) in [5.41, 5.74) is 7.80. The van der Waals surface area contributed by atoms with Crippen molar-refractivity contribution in [2.75, 3.05) is 37.3 Å². The molecule has 0 unspecified atom stereocenters. The van der Waals surface area contributed by atoms with Gasteiger partial charge in [0.25, 0.3) is 0 Å². The molecule has 0 spiro atoms. The van der Waals surface area contributed by atoms with Crippen LogP contribution in [0.1, 0.15) is 19.0 Å². The summed E-state index contributed by atoms with van der Waals surface area (Å²) in [6.07, 6.45) is 1.89. The number of anilines is 2. The summed E-state index contributed by atoms with van der Waals surface area (Å²) in [6.45, 7) is 4.02. The largest absolute Gasteiger partial charge is 0.394 e. The van der Waals surface area contributed by atoms with Crippen molar-refractivity contribution in [1.29, 1.82) is 0 Å². The maximum Gasteiger partial charge on any atom is 0.241 e. The Balaban J connectivity index is 2.25. The molecule has 1 aliphatic rings. The number of amides is 1. The van der Waals surface area contributed by atoms with Gasteiger partial charge in [-0.05, 0) is 6.42 Å². The summed E-state index contributed by atoms with van der Waals surface area (Å²) in [4.78, 5) is 15.5. The zero-order valence-electron chi connectivity index (χ0n) is 11.3. The van der Waals surface area contributed by atoms with Crippen LogP contribution in [-0.2, 0) is 18.3 Å². The van der Waals surface area contributed by atoms with Crippen molar-refractivity contribution < 1.29 is 4.79 Å². The summed E-state index contributed by atoms with van der Waals surface area (Å²) < 4.78 is 1.79. The summed E-state index contributed by atoms with van der Waals surface area (Å²) in [7, 11) is 3.71. The van der Waals surface area contributed by atoms with Gasteiger partial charge in [0, 0.05) is 27.2 Å². The van der Waals surface area contributed by atoms with E-state index in [-0.39, 0.29) is 5.91 Å². The molecule has 0 atom stereocenters. The van der Waals surface area contributed by atoms with Crippen molar-refractivity contribution in [2.45, 2.75) is 19.8 Å². The van der Waals surface area contributed by atoms with E-state index in [4.69, 9.17) is 5.73 Å². The van der Waals surface area contributed by atoms with Gasteiger partial charge in [-0.1, -0.05) is 13.3 Å². The Kier molecular flexibility index (Phi) is 3.45. The number of rotatable bonds is 3. The summed E-state index contributed by atoms with van der Waals surface area (Å²) in [6, 6.07) is 0. The van der Waals surface area contributed by atoms with Crippen LogP contribution in [0, 0.1) is 0 Å². The van der Waals surface area contributed by atoms with E-state index in [9.17, 15) is 4.79 Å². The third-order valence-corrected chi connectivity index (χ3v) is 3.37. The summed E-state index contributed by atoms with van der Waals surface area (Å²) in [5, 5.41) is 4.44. The molecule has 1 aromatic heterocycles. The van der Waals surface area contributed by atoms with Gasteiger partial charge in [-0.3, -0.25) is 9.48 Å². The van der Waals surface area contributed by atoms with Gasteiger partial charge in [0.1, 0.15) is 0 Å². The minimum Gasteiger partial charge on any atom is -0.394 e. The second-order valence-electron chi connectivity index (χ2n) is 4.79. The Bertz CT molecular complexity index is 454. The van der Waals surface area contributed by atoms with Gasteiger partial charge in [0.05, 0.1) is 17.9 Å². The lowest BCUT2D eigenvalue weighted by Crippen LogP contribution is -2.49. The molecule has 1 aliphatic heterocycles. The smallest absolute Gasteiger partial charge is 0.241 e. The van der Waals surface area contributed by atoms with Gasteiger partial charge in [0.2, 0.25) is 5.91 Å². The Morgan fingerprint density at radius 3 is 2.67 bits per heavy atom. The van der Waals surface area contributed by atoms with Crippen molar-refractivity contribution in [3.05, 3.63) is 5.69 Å². The van der Waals surface area contributed by atoms with Crippen LogP contribution in [-0.4, -0.2) is 47.3 Å². The highest BCUT2D eigenvalue weighted by atomic mass is 16.2. The second-order valence-corrected chi connectivity index (χ2v) is 4.79. The van der Waals surface area contributed by atoms with Crippen LogP contribution in [0.5, 0.6) is 0 Å². The quantitative estimate of drug-likeness (QED) is 0.835. The highest BCUT2D eigenvalue weighted by Gasteiger charge is 2.26. The fraction of sp³-hybridized carbons (Fsp3) is 0.667. The molecule has 0 aromatic carbocycles. The van der Waals surface area contributed by atoms with E-state index in [0.29, 0.717) is 6.54 Å². The molecule has 2 rings (SSSR count). The molecule has 1 saturated heterocycles. The molecule has 6 nitrogen and oxygen atoms in total. The normalized spacial score (nSPS) is 16.5. The zero-order chi connectivity index (χ0) is 13.3. The minimum absolute atomic E-state index is 0.124. The first-order valence-corrected chi connectivity index (χ1v) is 6.34. The van der Waals surface area contributed by atoms with E-state index in [1.807, 2.05) is 19.0 Å². The average Bonchev–Trinajstić information content (AvgIpc) is 2.59. The Morgan fingerprint density at radius 2 is 2.06 bits per heavy atom. The van der Waals surface area contributed by atoms with Crippen LogP contribution in [0.4, 0.5) is 11.5 Å². The van der Waals surface area contributed by atoms with Crippen molar-refractivity contribution in [2.24, 2.45) is 7.05 Å². The number of nitrogens with two attached hydrogens (primary N) is 1. The molecule has 1 fully saturated rings. The highest BCUT2D eigenvalue weighted by Crippen LogP contribution is 2.27. The van der Waals surface area contributed by atoms with Crippen molar-refractivity contribution in [3.63, 3.8) is 0 Å². The lowest BCUT2D eigenvalue weighted by Gasteiger charge is -2.33. The van der Waals surface area contributed by atoms with E-state index < -0.39 is 0 Å². The number of nitrogens with zero attached hydrogens (tertiary/aromatic N) is 4. The fourth-order valence-corrected chi connectivity index (χ4v) is 2.32. The van der Waals surface area contributed by atoms with Crippen LogP contribution in [0.25, 0.3) is 0 Å². The summed E-state index contributed by atoms with van der Waals surface area (Å²) >= 11 is 0. The summed E-state index contributed by atoms with van der Waals surface area (Å²) in [5.74, 6) is 0.999. The molecule has 0 aliphatic carbocycles. The monoisotopic (exact) mass is 251 g/mol. The van der Waals surface area contributed by atoms with Gasteiger partial charge in [-0.25, -0.2) is 0 Å². The molecule has 0 bridgehead atoms. The predicted molar refractivity (Wildman–Crippen MR) is 71.5 cm³/mol. The predicted octanol–water partition coefficient (Wildman–Crippen LogP) is 0.233. The first-order chi connectivity index (χ1) is 8.54. The van der Waals surface area contributed by atoms with E-state index in [1.54, 1.807) is 9.58 Å². The lowest BCUT2D eigenvalue weighted by molar-refractivity contribution is -0.129. The maximum atomic E-state index is 11.7. The standard InChI is InChI=1S/C12H21N5O/c1-4-5-9-11(13)12(16(3)14-9)17-7-6-15(2)10(18)8-17/h4-8,13H2,1-3H3. The fourth-order valence-electron chi connectivity index (χ4n) is 2.32. The number of hydrogen-bond acceptors (Lipinski definition) is 4. The average molecular weight is 251 g/mol. The molecule has 1 amide bonds. The molecule has 100 valence electrons. The highest BCUT2D eigenvalue weighted by molar-refractivity contribution is 5.84. The molecule has 18 heavy (non-hydrogen) atoms. The Hall–Kier alpha value is -1.72. The number of piperazine rings is 1. The molecule has 1 aromatic rings.